The van der Waals surface area contributed by atoms with Gasteiger partial charge in [0.1, 0.15) is 6.04 Å². The average Bonchev–Trinajstić information content (AvgIpc) is 3.13. The fraction of sp³-hybridized carbons (Fsp3) is 0.857. The quantitative estimate of drug-likeness (QED) is 0.782. The van der Waals surface area contributed by atoms with Gasteiger partial charge < -0.3 is 15.1 Å². The number of rotatable bonds is 4. The molecule has 0 bridgehead atoms. The Labute approximate surface area is 114 Å². The van der Waals surface area contributed by atoms with Crippen molar-refractivity contribution in [2.24, 2.45) is 11.8 Å². The highest BCUT2D eigenvalue weighted by molar-refractivity contribution is 5.95. The topological polar surface area (TPSA) is 52.6 Å². The van der Waals surface area contributed by atoms with Gasteiger partial charge in [0, 0.05) is 13.1 Å². The van der Waals surface area contributed by atoms with E-state index >= 15 is 0 Å². The van der Waals surface area contributed by atoms with Crippen molar-refractivity contribution in [1.82, 2.24) is 15.1 Å². The lowest BCUT2D eigenvalue weighted by Gasteiger charge is -2.34. The summed E-state index contributed by atoms with van der Waals surface area (Å²) in [4.78, 5) is 28.3. The summed E-state index contributed by atoms with van der Waals surface area (Å²) in [7, 11) is 0. The van der Waals surface area contributed by atoms with E-state index in [0.717, 1.165) is 45.4 Å². The first kappa shape index (κ1) is 12.9. The van der Waals surface area contributed by atoms with Gasteiger partial charge in [0.25, 0.3) is 0 Å². The van der Waals surface area contributed by atoms with Gasteiger partial charge in [-0.05, 0) is 44.2 Å². The predicted octanol–water partition coefficient (Wildman–Crippen LogP) is 0.0652. The molecular formula is C14H23N3O2. The fourth-order valence-electron chi connectivity index (χ4n) is 3.29. The molecule has 2 heterocycles. The molecule has 0 radical (unpaired) electrons. The number of nitrogens with one attached hydrogen (secondary N) is 1. The van der Waals surface area contributed by atoms with Crippen molar-refractivity contribution in [2.75, 3.05) is 32.7 Å². The standard InChI is InChI=1S/C14H23N3O2/c1-2-16-6-5-10(7-16)8-17-9-12(18)15-13(14(17)19)11-3-4-11/h10-11,13H,2-9H2,1H3,(H,15,18). The van der Waals surface area contributed by atoms with Crippen molar-refractivity contribution < 1.29 is 9.59 Å². The van der Waals surface area contributed by atoms with Crippen LogP contribution in [-0.4, -0.2) is 60.4 Å². The van der Waals surface area contributed by atoms with Gasteiger partial charge in [0.2, 0.25) is 11.8 Å². The minimum Gasteiger partial charge on any atom is -0.342 e. The SMILES string of the molecule is CCN1CCC(CN2CC(=O)NC(C3CC3)C2=O)C1. The van der Waals surface area contributed by atoms with Crippen molar-refractivity contribution in [3.05, 3.63) is 0 Å². The molecule has 2 aliphatic heterocycles. The molecule has 2 amide bonds. The van der Waals surface area contributed by atoms with E-state index in [2.05, 4.69) is 17.1 Å². The van der Waals surface area contributed by atoms with Gasteiger partial charge in [-0.2, -0.15) is 0 Å². The number of piperazine rings is 1. The van der Waals surface area contributed by atoms with Gasteiger partial charge in [0.15, 0.2) is 0 Å². The highest BCUT2D eigenvalue weighted by atomic mass is 16.2. The van der Waals surface area contributed by atoms with E-state index < -0.39 is 0 Å². The number of carbonyl (C=O) groups excluding carboxylic acids is 2. The molecule has 2 unspecified atom stereocenters. The Morgan fingerprint density at radius 3 is 2.68 bits per heavy atom. The van der Waals surface area contributed by atoms with Crippen LogP contribution in [0.25, 0.3) is 0 Å². The Morgan fingerprint density at radius 1 is 1.26 bits per heavy atom. The molecule has 2 atom stereocenters. The molecule has 0 spiro atoms. The molecule has 2 saturated heterocycles. The molecule has 1 aliphatic carbocycles. The smallest absolute Gasteiger partial charge is 0.245 e. The van der Waals surface area contributed by atoms with E-state index in [4.69, 9.17) is 0 Å². The second-order valence-corrected chi connectivity index (χ2v) is 6.15. The molecule has 5 heteroatoms. The third-order valence-corrected chi connectivity index (χ3v) is 4.62. The molecule has 0 aromatic carbocycles. The molecule has 0 aromatic rings. The molecule has 106 valence electrons. The van der Waals surface area contributed by atoms with Crippen molar-refractivity contribution >= 4 is 11.8 Å². The van der Waals surface area contributed by atoms with Gasteiger partial charge in [-0.15, -0.1) is 0 Å². The minimum absolute atomic E-state index is 0.0156. The van der Waals surface area contributed by atoms with E-state index in [9.17, 15) is 9.59 Å². The Hall–Kier alpha value is -1.10. The average molecular weight is 265 g/mol. The number of carbonyl (C=O) groups is 2. The summed E-state index contributed by atoms with van der Waals surface area (Å²) in [5.41, 5.74) is 0. The summed E-state index contributed by atoms with van der Waals surface area (Å²) in [6, 6.07) is -0.232. The molecule has 3 aliphatic rings. The van der Waals surface area contributed by atoms with Gasteiger partial charge in [-0.3, -0.25) is 9.59 Å². The summed E-state index contributed by atoms with van der Waals surface area (Å²) in [6.07, 6.45) is 3.31. The summed E-state index contributed by atoms with van der Waals surface area (Å²) >= 11 is 0. The van der Waals surface area contributed by atoms with Gasteiger partial charge >= 0.3 is 0 Å². The first-order valence-electron chi connectivity index (χ1n) is 7.48. The summed E-state index contributed by atoms with van der Waals surface area (Å²) in [5.74, 6) is 1.10. The third-order valence-electron chi connectivity index (χ3n) is 4.62. The second kappa shape index (κ2) is 5.12. The Balaban J connectivity index is 1.59. The van der Waals surface area contributed by atoms with Crippen molar-refractivity contribution in [3.8, 4) is 0 Å². The van der Waals surface area contributed by atoms with Crippen molar-refractivity contribution in [1.29, 1.82) is 0 Å². The fourth-order valence-corrected chi connectivity index (χ4v) is 3.29. The zero-order valence-corrected chi connectivity index (χ0v) is 11.6. The van der Waals surface area contributed by atoms with Crippen LogP contribution in [0.15, 0.2) is 0 Å². The first-order valence-corrected chi connectivity index (χ1v) is 7.48. The Morgan fingerprint density at radius 2 is 2.05 bits per heavy atom. The number of hydrogen-bond donors (Lipinski definition) is 1. The van der Waals surface area contributed by atoms with E-state index in [1.54, 1.807) is 4.90 Å². The maximum absolute atomic E-state index is 12.4. The number of hydrogen-bond acceptors (Lipinski definition) is 3. The molecule has 1 saturated carbocycles. The highest BCUT2D eigenvalue weighted by Gasteiger charge is 2.43. The van der Waals surface area contributed by atoms with Gasteiger partial charge in [0.05, 0.1) is 6.54 Å². The zero-order chi connectivity index (χ0) is 13.4. The van der Waals surface area contributed by atoms with E-state index in [1.165, 1.54) is 0 Å². The number of amides is 2. The summed E-state index contributed by atoms with van der Waals surface area (Å²) < 4.78 is 0. The minimum atomic E-state index is -0.232. The molecule has 0 aromatic heterocycles. The molecule has 1 N–H and O–H groups in total. The van der Waals surface area contributed by atoms with Crippen LogP contribution in [0.4, 0.5) is 0 Å². The van der Waals surface area contributed by atoms with Crippen LogP contribution >= 0.6 is 0 Å². The van der Waals surface area contributed by atoms with E-state index in [-0.39, 0.29) is 24.4 Å². The van der Waals surface area contributed by atoms with Crippen molar-refractivity contribution in [2.45, 2.75) is 32.2 Å². The van der Waals surface area contributed by atoms with Crippen LogP contribution in [-0.2, 0) is 9.59 Å². The monoisotopic (exact) mass is 265 g/mol. The zero-order valence-electron chi connectivity index (χ0n) is 11.6. The maximum atomic E-state index is 12.4. The maximum Gasteiger partial charge on any atom is 0.245 e. The normalized spacial score (nSPS) is 32.8. The molecule has 3 fully saturated rings. The number of nitrogens with zero attached hydrogens (tertiary/aromatic N) is 2. The van der Waals surface area contributed by atoms with E-state index in [1.807, 2.05) is 0 Å². The van der Waals surface area contributed by atoms with Crippen LogP contribution in [0.1, 0.15) is 26.2 Å². The van der Waals surface area contributed by atoms with Crippen LogP contribution in [0.2, 0.25) is 0 Å². The van der Waals surface area contributed by atoms with Crippen LogP contribution in [0.3, 0.4) is 0 Å². The molecular weight excluding hydrogens is 242 g/mol. The predicted molar refractivity (Wildman–Crippen MR) is 71.5 cm³/mol. The third kappa shape index (κ3) is 2.76. The summed E-state index contributed by atoms with van der Waals surface area (Å²) in [5, 5.41) is 2.86. The van der Waals surface area contributed by atoms with Gasteiger partial charge in [-0.25, -0.2) is 0 Å². The lowest BCUT2D eigenvalue weighted by molar-refractivity contribution is -0.145. The molecule has 19 heavy (non-hydrogen) atoms. The lowest BCUT2D eigenvalue weighted by atomic mass is 10.0. The number of likely N-dealkylation sites (tertiary alicyclic amines) is 1. The second-order valence-electron chi connectivity index (χ2n) is 6.15. The molecule has 5 nitrogen and oxygen atoms in total. The largest absolute Gasteiger partial charge is 0.342 e. The van der Waals surface area contributed by atoms with Crippen LogP contribution in [0, 0.1) is 11.8 Å². The molecule has 3 rings (SSSR count). The van der Waals surface area contributed by atoms with Gasteiger partial charge in [-0.1, -0.05) is 6.92 Å². The Bertz CT molecular complexity index is 381. The summed E-state index contributed by atoms with van der Waals surface area (Å²) in [6.45, 7) is 6.45. The van der Waals surface area contributed by atoms with Crippen LogP contribution < -0.4 is 5.32 Å². The first-order chi connectivity index (χ1) is 9.17. The lowest BCUT2D eigenvalue weighted by Crippen LogP contribution is -2.59. The Kier molecular flexibility index (Phi) is 3.48. The van der Waals surface area contributed by atoms with Crippen molar-refractivity contribution in [3.63, 3.8) is 0 Å². The van der Waals surface area contributed by atoms with E-state index in [0.29, 0.717) is 11.8 Å². The van der Waals surface area contributed by atoms with Crippen LogP contribution in [0.5, 0.6) is 0 Å². The highest BCUT2D eigenvalue weighted by Crippen LogP contribution is 2.34.